The number of aromatic hydroxyl groups is 1. The van der Waals surface area contributed by atoms with Crippen LogP contribution >= 0.6 is 47.0 Å². The monoisotopic (exact) mass is 397 g/mol. The Balaban J connectivity index is 2.75. The highest BCUT2D eigenvalue weighted by Crippen LogP contribution is 2.30. The molecule has 9 heteroatoms. The second-order valence-corrected chi connectivity index (χ2v) is 8.62. The molecule has 4 N–H and O–H groups in total. The fourth-order valence-corrected chi connectivity index (χ4v) is 1.95. The first-order valence-corrected chi connectivity index (χ1v) is 8.18. The highest BCUT2D eigenvalue weighted by molar-refractivity contribution is 7.80. The van der Waals surface area contributed by atoms with Gasteiger partial charge in [0.2, 0.25) is 9.70 Å². The summed E-state index contributed by atoms with van der Waals surface area (Å²) in [6.45, 7) is 5.22. The Morgan fingerprint density at radius 3 is 2.09 bits per heavy atom. The lowest BCUT2D eigenvalue weighted by atomic mass is 9.95. The molecule has 0 spiro atoms. The minimum Gasteiger partial charge on any atom is -0.508 e. The molecule has 5 nitrogen and oxygen atoms in total. The fraction of sp³-hybridized carbons (Fsp3) is 0.429. The average Bonchev–Trinajstić information content (AvgIpc) is 2.38. The predicted molar refractivity (Wildman–Crippen MR) is 99.1 cm³/mol. The van der Waals surface area contributed by atoms with Gasteiger partial charge in [0.15, 0.2) is 5.11 Å². The Morgan fingerprint density at radius 2 is 1.65 bits per heavy atom. The molecule has 1 atom stereocenters. The predicted octanol–water partition coefficient (Wildman–Crippen LogP) is 3.54. The van der Waals surface area contributed by atoms with E-state index < -0.39 is 15.4 Å². The van der Waals surface area contributed by atoms with E-state index in [1.54, 1.807) is 32.9 Å². The number of halogens is 3. The molecule has 1 unspecified atom stereocenters. The van der Waals surface area contributed by atoms with Crippen LogP contribution in [0.4, 0.5) is 5.69 Å². The van der Waals surface area contributed by atoms with Gasteiger partial charge in [0.05, 0.1) is 0 Å². The van der Waals surface area contributed by atoms with Crippen molar-refractivity contribution in [1.82, 2.24) is 10.6 Å². The quantitative estimate of drug-likeness (QED) is 0.271. The minimum atomic E-state index is -1.80. The van der Waals surface area contributed by atoms with E-state index in [0.29, 0.717) is 5.69 Å². The maximum absolute atomic E-state index is 12.1. The third-order valence-electron chi connectivity index (χ3n) is 2.68. The van der Waals surface area contributed by atoms with Crippen LogP contribution < -0.4 is 16.0 Å². The van der Waals surface area contributed by atoms with Crippen molar-refractivity contribution >= 4 is 63.7 Å². The van der Waals surface area contributed by atoms with Gasteiger partial charge in [0, 0.05) is 11.1 Å². The number of hydrogen-bond acceptors (Lipinski definition) is 3. The number of nitrogens with one attached hydrogen (secondary N) is 3. The number of amides is 1. The summed E-state index contributed by atoms with van der Waals surface area (Å²) in [4.78, 5) is 12.1. The fourth-order valence-electron chi connectivity index (χ4n) is 1.39. The van der Waals surface area contributed by atoms with Gasteiger partial charge in [-0.3, -0.25) is 4.79 Å². The highest BCUT2D eigenvalue weighted by atomic mass is 35.6. The van der Waals surface area contributed by atoms with E-state index >= 15 is 0 Å². The minimum absolute atomic E-state index is 0.131. The largest absolute Gasteiger partial charge is 0.508 e. The standard InChI is InChI=1S/C14H18Cl3N3O2S/c1-13(2,3)11(22)19-10(14(15,16)17)20-12(23)18-8-4-6-9(21)7-5-8/h4-7,10,21H,1-3H3,(H,19,22)(H2,18,20,23). The van der Waals surface area contributed by atoms with Crippen LogP contribution in [0.5, 0.6) is 5.75 Å². The molecule has 0 aliphatic rings. The van der Waals surface area contributed by atoms with E-state index in [0.717, 1.165) is 0 Å². The smallest absolute Gasteiger partial charge is 0.228 e. The summed E-state index contributed by atoms with van der Waals surface area (Å²) in [5.41, 5.74) is -0.0208. The number of phenolic OH excluding ortho intramolecular Hbond substituents is 1. The molecular weight excluding hydrogens is 381 g/mol. The van der Waals surface area contributed by atoms with E-state index in [1.165, 1.54) is 12.1 Å². The molecule has 1 amide bonds. The summed E-state index contributed by atoms with van der Waals surface area (Å²) in [7, 11) is 0. The number of carbonyl (C=O) groups excluding carboxylic acids is 1. The van der Waals surface area contributed by atoms with Crippen molar-refractivity contribution in [2.45, 2.75) is 30.7 Å². The van der Waals surface area contributed by atoms with E-state index in [2.05, 4.69) is 16.0 Å². The zero-order valence-corrected chi connectivity index (χ0v) is 15.9. The Labute approximate surface area is 155 Å². The van der Waals surface area contributed by atoms with Crippen LogP contribution in [0.3, 0.4) is 0 Å². The zero-order valence-electron chi connectivity index (χ0n) is 12.8. The van der Waals surface area contributed by atoms with Crippen LogP contribution in [0.15, 0.2) is 24.3 Å². The number of carbonyl (C=O) groups is 1. The van der Waals surface area contributed by atoms with Gasteiger partial charge in [0.25, 0.3) is 0 Å². The van der Waals surface area contributed by atoms with Gasteiger partial charge in [-0.25, -0.2) is 0 Å². The summed E-state index contributed by atoms with van der Waals surface area (Å²) in [6.07, 6.45) is -1.02. The van der Waals surface area contributed by atoms with Crippen molar-refractivity contribution in [3.05, 3.63) is 24.3 Å². The van der Waals surface area contributed by atoms with Crippen molar-refractivity contribution in [1.29, 1.82) is 0 Å². The first-order valence-electron chi connectivity index (χ1n) is 6.64. The number of thiocarbonyl (C=S) groups is 1. The Bertz CT molecular complexity index is 568. The number of benzene rings is 1. The maximum atomic E-state index is 12.1. The molecule has 0 aliphatic heterocycles. The Hall–Kier alpha value is -0.950. The second-order valence-electron chi connectivity index (χ2n) is 5.84. The molecule has 1 aromatic carbocycles. The molecule has 0 heterocycles. The van der Waals surface area contributed by atoms with E-state index in [-0.39, 0.29) is 16.8 Å². The van der Waals surface area contributed by atoms with Crippen molar-refractivity contribution in [3.8, 4) is 5.75 Å². The molecule has 0 aromatic heterocycles. The molecule has 0 radical (unpaired) electrons. The first-order chi connectivity index (χ1) is 10.4. The second kappa shape index (κ2) is 7.75. The van der Waals surface area contributed by atoms with Gasteiger partial charge >= 0.3 is 0 Å². The summed E-state index contributed by atoms with van der Waals surface area (Å²) in [5, 5.41) is 17.6. The average molecular weight is 399 g/mol. The number of rotatable bonds is 3. The van der Waals surface area contributed by atoms with Gasteiger partial charge in [0.1, 0.15) is 11.9 Å². The van der Waals surface area contributed by atoms with Crippen LogP contribution in [0.1, 0.15) is 20.8 Å². The molecule has 0 bridgehead atoms. The molecule has 0 aliphatic carbocycles. The topological polar surface area (TPSA) is 73.4 Å². The summed E-state index contributed by atoms with van der Waals surface area (Å²) in [6, 6.07) is 6.25. The number of phenols is 1. The highest BCUT2D eigenvalue weighted by Gasteiger charge is 2.36. The number of alkyl halides is 3. The van der Waals surface area contributed by atoms with Crippen molar-refractivity contribution in [2.24, 2.45) is 5.41 Å². The summed E-state index contributed by atoms with van der Waals surface area (Å²) < 4.78 is -1.80. The van der Waals surface area contributed by atoms with E-state index in [4.69, 9.17) is 47.0 Å². The zero-order chi connectivity index (χ0) is 17.8. The molecule has 23 heavy (non-hydrogen) atoms. The van der Waals surface area contributed by atoms with E-state index in [9.17, 15) is 9.90 Å². The molecule has 0 saturated carbocycles. The van der Waals surface area contributed by atoms with Crippen LogP contribution in [0, 0.1) is 5.41 Å². The van der Waals surface area contributed by atoms with Gasteiger partial charge < -0.3 is 21.1 Å². The lowest BCUT2D eigenvalue weighted by Crippen LogP contribution is -2.58. The summed E-state index contributed by atoms with van der Waals surface area (Å²) in [5.74, 6) is -0.167. The molecule has 128 valence electrons. The van der Waals surface area contributed by atoms with Crippen molar-refractivity contribution in [2.75, 3.05) is 5.32 Å². The lowest BCUT2D eigenvalue weighted by Gasteiger charge is -2.30. The SMILES string of the molecule is CC(C)(C)C(=O)NC(NC(=S)Nc1ccc(O)cc1)C(Cl)(Cl)Cl. The Kier molecular flexibility index (Phi) is 6.77. The van der Waals surface area contributed by atoms with E-state index in [1.807, 2.05) is 0 Å². The molecular formula is C14H18Cl3N3O2S. The molecule has 0 saturated heterocycles. The van der Waals surface area contributed by atoms with Crippen molar-refractivity contribution < 1.29 is 9.90 Å². The van der Waals surface area contributed by atoms with Crippen LogP contribution in [0.25, 0.3) is 0 Å². The van der Waals surface area contributed by atoms with Crippen molar-refractivity contribution in [3.63, 3.8) is 0 Å². The molecule has 1 rings (SSSR count). The number of hydrogen-bond donors (Lipinski definition) is 4. The number of anilines is 1. The first kappa shape index (κ1) is 20.1. The third kappa shape index (κ3) is 6.99. The summed E-state index contributed by atoms with van der Waals surface area (Å²) >= 11 is 22.8. The third-order valence-corrected chi connectivity index (χ3v) is 3.56. The van der Waals surface area contributed by atoms with Gasteiger partial charge in [-0.05, 0) is 36.5 Å². The lowest BCUT2D eigenvalue weighted by molar-refractivity contribution is -0.129. The Morgan fingerprint density at radius 1 is 1.13 bits per heavy atom. The normalized spacial score (nSPS) is 13.1. The molecule has 1 aromatic rings. The van der Waals surface area contributed by atoms with Crippen LogP contribution in [0.2, 0.25) is 0 Å². The van der Waals surface area contributed by atoms with Crippen LogP contribution in [-0.2, 0) is 4.79 Å². The van der Waals surface area contributed by atoms with Gasteiger partial charge in [-0.15, -0.1) is 0 Å². The van der Waals surface area contributed by atoms with Gasteiger partial charge in [-0.2, -0.15) is 0 Å². The maximum Gasteiger partial charge on any atom is 0.228 e. The van der Waals surface area contributed by atoms with Gasteiger partial charge in [-0.1, -0.05) is 55.6 Å². The molecule has 0 fully saturated rings. The van der Waals surface area contributed by atoms with Crippen LogP contribution in [-0.4, -0.2) is 26.1 Å².